The average molecular weight is 361 g/mol. The van der Waals surface area contributed by atoms with E-state index in [2.05, 4.69) is 78.9 Å². The Bertz CT molecular complexity index is 1080. The Kier molecular flexibility index (Phi) is 4.50. The predicted octanol–water partition coefficient (Wildman–Crippen LogP) is 6.30. The Morgan fingerprint density at radius 1 is 0.536 bits per heavy atom. The van der Waals surface area contributed by atoms with Gasteiger partial charge in [-0.25, -0.2) is 0 Å². The van der Waals surface area contributed by atoms with Gasteiger partial charge in [-0.05, 0) is 59.6 Å². The SMILES string of the molecule is c1ccc(-c2ccc(-c3cc4ccc3CCc3ccc(cc3)CC4)cn2)cc1. The lowest BCUT2D eigenvalue weighted by atomic mass is 9.91. The summed E-state index contributed by atoms with van der Waals surface area (Å²) in [6.07, 6.45) is 6.31. The quantitative estimate of drug-likeness (QED) is 0.408. The number of aromatic nitrogens is 1. The molecule has 0 amide bonds. The van der Waals surface area contributed by atoms with Gasteiger partial charge >= 0.3 is 0 Å². The summed E-state index contributed by atoms with van der Waals surface area (Å²) in [6.45, 7) is 0. The van der Waals surface area contributed by atoms with Crippen molar-refractivity contribution in [3.8, 4) is 22.4 Å². The van der Waals surface area contributed by atoms with Gasteiger partial charge in [-0.1, -0.05) is 78.9 Å². The molecule has 0 radical (unpaired) electrons. The summed E-state index contributed by atoms with van der Waals surface area (Å²) < 4.78 is 0. The minimum atomic E-state index is 1.02. The molecular formula is C27H23N. The van der Waals surface area contributed by atoms with Crippen LogP contribution in [0.25, 0.3) is 22.4 Å². The van der Waals surface area contributed by atoms with Crippen LogP contribution in [0.4, 0.5) is 0 Å². The zero-order valence-electron chi connectivity index (χ0n) is 15.9. The zero-order valence-corrected chi connectivity index (χ0v) is 15.9. The van der Waals surface area contributed by atoms with Crippen LogP contribution in [0.3, 0.4) is 0 Å². The highest BCUT2D eigenvalue weighted by molar-refractivity contribution is 5.70. The van der Waals surface area contributed by atoms with Gasteiger partial charge < -0.3 is 0 Å². The first-order valence-electron chi connectivity index (χ1n) is 10.1. The van der Waals surface area contributed by atoms with E-state index in [0.717, 1.165) is 36.9 Å². The molecule has 4 aromatic rings. The van der Waals surface area contributed by atoms with Gasteiger partial charge in [0.15, 0.2) is 0 Å². The smallest absolute Gasteiger partial charge is 0.0702 e. The fourth-order valence-corrected chi connectivity index (χ4v) is 4.04. The van der Waals surface area contributed by atoms with Crippen molar-refractivity contribution in [3.05, 3.63) is 113 Å². The lowest BCUT2D eigenvalue weighted by Gasteiger charge is -2.15. The number of rotatable bonds is 2. The second-order valence-electron chi connectivity index (χ2n) is 7.61. The minimum Gasteiger partial charge on any atom is -0.256 e. The van der Waals surface area contributed by atoms with Crippen molar-refractivity contribution in [1.82, 2.24) is 4.98 Å². The van der Waals surface area contributed by atoms with E-state index < -0.39 is 0 Å². The van der Waals surface area contributed by atoms with Crippen LogP contribution >= 0.6 is 0 Å². The molecule has 0 fully saturated rings. The summed E-state index contributed by atoms with van der Waals surface area (Å²) >= 11 is 0. The van der Waals surface area contributed by atoms with Crippen molar-refractivity contribution in [2.45, 2.75) is 25.7 Å². The third-order valence-corrected chi connectivity index (χ3v) is 5.73. The Balaban J connectivity index is 1.51. The van der Waals surface area contributed by atoms with Gasteiger partial charge in [0.1, 0.15) is 0 Å². The molecule has 0 unspecified atom stereocenters. The van der Waals surface area contributed by atoms with E-state index in [0.29, 0.717) is 0 Å². The molecule has 3 aromatic carbocycles. The predicted molar refractivity (Wildman–Crippen MR) is 116 cm³/mol. The van der Waals surface area contributed by atoms with Crippen molar-refractivity contribution in [2.75, 3.05) is 0 Å². The van der Waals surface area contributed by atoms with Gasteiger partial charge in [-0.3, -0.25) is 4.98 Å². The summed E-state index contributed by atoms with van der Waals surface area (Å²) in [6, 6.07) is 30.9. The molecule has 0 aliphatic heterocycles. The summed E-state index contributed by atoms with van der Waals surface area (Å²) in [5, 5.41) is 0. The second kappa shape index (κ2) is 7.44. The third-order valence-electron chi connectivity index (χ3n) is 5.73. The average Bonchev–Trinajstić information content (AvgIpc) is 2.76. The molecule has 4 aliphatic carbocycles. The number of hydrogen-bond donors (Lipinski definition) is 0. The van der Waals surface area contributed by atoms with E-state index in [-0.39, 0.29) is 0 Å². The number of hydrogen-bond acceptors (Lipinski definition) is 1. The Hall–Kier alpha value is -3.19. The molecule has 0 saturated heterocycles. The molecule has 1 aromatic heterocycles. The minimum absolute atomic E-state index is 1.02. The van der Waals surface area contributed by atoms with Crippen molar-refractivity contribution in [3.63, 3.8) is 0 Å². The topological polar surface area (TPSA) is 12.9 Å². The number of benzene rings is 3. The van der Waals surface area contributed by atoms with Crippen LogP contribution in [0.15, 0.2) is 91.1 Å². The van der Waals surface area contributed by atoms with E-state index >= 15 is 0 Å². The maximum absolute atomic E-state index is 4.76. The fourth-order valence-electron chi connectivity index (χ4n) is 4.04. The first-order valence-corrected chi connectivity index (χ1v) is 10.1. The molecule has 28 heavy (non-hydrogen) atoms. The van der Waals surface area contributed by atoms with E-state index in [1.807, 2.05) is 12.3 Å². The van der Waals surface area contributed by atoms with Crippen LogP contribution in [0.1, 0.15) is 22.3 Å². The van der Waals surface area contributed by atoms with Crippen LogP contribution < -0.4 is 0 Å². The molecule has 4 aliphatic rings. The van der Waals surface area contributed by atoms with E-state index in [1.54, 1.807) is 0 Å². The van der Waals surface area contributed by atoms with Gasteiger partial charge in [0, 0.05) is 17.3 Å². The highest BCUT2D eigenvalue weighted by atomic mass is 14.7. The molecule has 0 atom stereocenters. The Labute approximate surface area is 166 Å². The summed E-state index contributed by atoms with van der Waals surface area (Å²) in [7, 11) is 0. The molecule has 0 saturated carbocycles. The fraction of sp³-hybridized carbons (Fsp3) is 0.148. The molecule has 1 heterocycles. The van der Waals surface area contributed by atoms with Crippen LogP contribution in [0, 0.1) is 0 Å². The third kappa shape index (κ3) is 3.48. The molecule has 4 bridgehead atoms. The van der Waals surface area contributed by atoms with Crippen LogP contribution in [-0.2, 0) is 25.7 Å². The molecule has 1 nitrogen and oxygen atoms in total. The first kappa shape index (κ1) is 16.9. The van der Waals surface area contributed by atoms with E-state index in [1.165, 1.54) is 33.4 Å². The van der Waals surface area contributed by atoms with Gasteiger partial charge in [-0.2, -0.15) is 0 Å². The van der Waals surface area contributed by atoms with Gasteiger partial charge in [-0.15, -0.1) is 0 Å². The maximum atomic E-state index is 4.76. The Morgan fingerprint density at radius 3 is 1.93 bits per heavy atom. The van der Waals surface area contributed by atoms with Crippen LogP contribution in [0.2, 0.25) is 0 Å². The maximum Gasteiger partial charge on any atom is 0.0702 e. The van der Waals surface area contributed by atoms with Gasteiger partial charge in [0.2, 0.25) is 0 Å². The van der Waals surface area contributed by atoms with Crippen molar-refractivity contribution in [2.24, 2.45) is 0 Å². The van der Waals surface area contributed by atoms with E-state index in [9.17, 15) is 0 Å². The largest absolute Gasteiger partial charge is 0.256 e. The van der Waals surface area contributed by atoms with Crippen molar-refractivity contribution >= 4 is 0 Å². The molecular weight excluding hydrogens is 338 g/mol. The summed E-state index contributed by atoms with van der Waals surface area (Å²) in [5.41, 5.74) is 10.4. The lowest BCUT2D eigenvalue weighted by Crippen LogP contribution is -2.00. The normalized spacial score (nSPS) is 13.1. The number of aryl methyl sites for hydroxylation is 4. The van der Waals surface area contributed by atoms with Crippen molar-refractivity contribution in [1.29, 1.82) is 0 Å². The monoisotopic (exact) mass is 361 g/mol. The molecule has 0 N–H and O–H groups in total. The summed E-state index contributed by atoms with van der Waals surface area (Å²) in [4.78, 5) is 4.76. The standard InChI is InChI=1S/C27H23N/c1-2-4-24(5-3-1)27-17-16-25(19-28-27)26-18-22-11-10-20-6-8-21(9-7-20)12-14-23(26)15-13-22/h1-9,13,15-19H,10-12,14H2. The zero-order chi connectivity index (χ0) is 18.8. The molecule has 8 rings (SSSR count). The van der Waals surface area contributed by atoms with Gasteiger partial charge in [0.25, 0.3) is 0 Å². The lowest BCUT2D eigenvalue weighted by molar-refractivity contribution is 0.923. The molecule has 0 spiro atoms. The van der Waals surface area contributed by atoms with E-state index in [4.69, 9.17) is 4.98 Å². The van der Waals surface area contributed by atoms with Crippen LogP contribution in [0.5, 0.6) is 0 Å². The van der Waals surface area contributed by atoms with Gasteiger partial charge in [0.05, 0.1) is 5.69 Å². The number of nitrogens with zero attached hydrogens (tertiary/aromatic N) is 1. The number of pyridine rings is 1. The second-order valence-corrected chi connectivity index (χ2v) is 7.61. The highest BCUT2D eigenvalue weighted by Crippen LogP contribution is 2.29. The Morgan fingerprint density at radius 2 is 1.21 bits per heavy atom. The summed E-state index contributed by atoms with van der Waals surface area (Å²) in [5.74, 6) is 0. The molecule has 136 valence electrons. The highest BCUT2D eigenvalue weighted by Gasteiger charge is 2.10. The first-order chi connectivity index (χ1) is 13.8. The molecule has 1 heteroatoms. The van der Waals surface area contributed by atoms with Crippen LogP contribution in [-0.4, -0.2) is 4.98 Å². The van der Waals surface area contributed by atoms with Crippen molar-refractivity contribution < 1.29 is 0 Å².